The molecule has 11 heteroatoms. The summed E-state index contributed by atoms with van der Waals surface area (Å²) in [5.41, 5.74) is 3.09. The highest BCUT2D eigenvalue weighted by atomic mass is 79.9. The molecule has 0 radical (unpaired) electrons. The SMILES string of the molecule is Cc1cc(Br)cc(C)c1NC(=O)CSc1nnc(CNC(=O)c2ccc(Cl)cc2Cl)n1C. The third-order valence-corrected chi connectivity index (χ3v) is 6.63. The van der Waals surface area contributed by atoms with Crippen molar-refractivity contribution in [2.75, 3.05) is 11.1 Å². The van der Waals surface area contributed by atoms with Gasteiger partial charge in [0.15, 0.2) is 11.0 Å². The van der Waals surface area contributed by atoms with Gasteiger partial charge in [0.05, 0.1) is 22.9 Å². The second kappa shape index (κ2) is 10.7. The number of nitrogens with zero attached hydrogens (tertiary/aromatic N) is 3. The van der Waals surface area contributed by atoms with Crippen molar-refractivity contribution in [3.63, 3.8) is 0 Å². The van der Waals surface area contributed by atoms with Crippen molar-refractivity contribution in [2.45, 2.75) is 25.5 Å². The number of carbonyl (C=O) groups excluding carboxylic acids is 2. The van der Waals surface area contributed by atoms with E-state index in [2.05, 4.69) is 36.8 Å². The zero-order chi connectivity index (χ0) is 23.4. The highest BCUT2D eigenvalue weighted by molar-refractivity contribution is 9.10. The van der Waals surface area contributed by atoms with Gasteiger partial charge in [-0.3, -0.25) is 9.59 Å². The Morgan fingerprint density at radius 2 is 1.81 bits per heavy atom. The molecule has 3 rings (SSSR count). The average Bonchev–Trinajstić information content (AvgIpc) is 3.06. The molecule has 0 fully saturated rings. The van der Waals surface area contributed by atoms with E-state index in [1.165, 1.54) is 17.8 Å². The second-order valence-corrected chi connectivity index (χ2v) is 9.72. The smallest absolute Gasteiger partial charge is 0.253 e. The first-order valence-electron chi connectivity index (χ1n) is 9.46. The zero-order valence-electron chi connectivity index (χ0n) is 17.5. The molecule has 0 aliphatic heterocycles. The highest BCUT2D eigenvalue weighted by Gasteiger charge is 2.15. The van der Waals surface area contributed by atoms with Crippen LogP contribution in [0.4, 0.5) is 5.69 Å². The Labute approximate surface area is 208 Å². The molecule has 2 amide bonds. The van der Waals surface area contributed by atoms with Gasteiger partial charge in [0.1, 0.15) is 0 Å². The third-order valence-electron chi connectivity index (χ3n) is 4.60. The van der Waals surface area contributed by atoms with E-state index in [4.69, 9.17) is 23.2 Å². The lowest BCUT2D eigenvalue weighted by atomic mass is 10.1. The molecule has 1 aromatic heterocycles. The van der Waals surface area contributed by atoms with Crippen LogP contribution in [0.25, 0.3) is 0 Å². The number of nitrogens with one attached hydrogen (secondary N) is 2. The topological polar surface area (TPSA) is 88.9 Å². The number of rotatable bonds is 7. The normalized spacial score (nSPS) is 10.8. The summed E-state index contributed by atoms with van der Waals surface area (Å²) in [6.07, 6.45) is 0. The van der Waals surface area contributed by atoms with E-state index in [-0.39, 0.29) is 29.1 Å². The van der Waals surface area contributed by atoms with Crippen molar-refractivity contribution in [3.05, 3.63) is 67.4 Å². The van der Waals surface area contributed by atoms with Crippen LogP contribution in [0.3, 0.4) is 0 Å². The maximum Gasteiger partial charge on any atom is 0.253 e. The molecular formula is C21H20BrCl2N5O2S. The predicted molar refractivity (Wildman–Crippen MR) is 132 cm³/mol. The van der Waals surface area contributed by atoms with Crippen LogP contribution in [0, 0.1) is 13.8 Å². The Balaban J connectivity index is 1.57. The molecule has 3 aromatic rings. The second-order valence-electron chi connectivity index (χ2n) is 7.02. The number of benzene rings is 2. The predicted octanol–water partition coefficient (Wildman–Crippen LogP) is 5.16. The summed E-state index contributed by atoms with van der Waals surface area (Å²) in [7, 11) is 1.78. The average molecular weight is 557 g/mol. The molecule has 2 aromatic carbocycles. The van der Waals surface area contributed by atoms with Gasteiger partial charge in [-0.05, 0) is 55.3 Å². The zero-order valence-corrected chi connectivity index (χ0v) is 21.4. The van der Waals surface area contributed by atoms with Crippen molar-refractivity contribution in [3.8, 4) is 0 Å². The number of hydrogen-bond acceptors (Lipinski definition) is 5. The van der Waals surface area contributed by atoms with Gasteiger partial charge in [-0.2, -0.15) is 0 Å². The minimum atomic E-state index is -0.344. The number of thioether (sulfide) groups is 1. The van der Waals surface area contributed by atoms with Gasteiger partial charge in [0.25, 0.3) is 5.91 Å². The van der Waals surface area contributed by atoms with E-state index < -0.39 is 0 Å². The number of hydrogen-bond donors (Lipinski definition) is 2. The Kier molecular flexibility index (Phi) is 8.21. The fourth-order valence-corrected chi connectivity index (χ4v) is 4.88. The fraction of sp³-hybridized carbons (Fsp3) is 0.238. The molecule has 32 heavy (non-hydrogen) atoms. The van der Waals surface area contributed by atoms with Crippen molar-refractivity contribution >= 4 is 68.4 Å². The number of halogens is 3. The summed E-state index contributed by atoms with van der Waals surface area (Å²) < 4.78 is 2.70. The van der Waals surface area contributed by atoms with Crippen LogP contribution in [0.2, 0.25) is 10.0 Å². The van der Waals surface area contributed by atoms with Crippen LogP contribution in [-0.4, -0.2) is 32.3 Å². The maximum atomic E-state index is 12.4. The van der Waals surface area contributed by atoms with E-state index in [0.29, 0.717) is 21.6 Å². The number of carbonyl (C=O) groups is 2. The van der Waals surface area contributed by atoms with Crippen LogP contribution in [0.15, 0.2) is 40.0 Å². The molecule has 0 aliphatic carbocycles. The molecule has 0 aliphatic rings. The van der Waals surface area contributed by atoms with Gasteiger partial charge in [-0.1, -0.05) is 50.9 Å². The summed E-state index contributed by atoms with van der Waals surface area (Å²) in [6.45, 7) is 4.05. The first-order chi connectivity index (χ1) is 15.2. The fourth-order valence-electron chi connectivity index (χ4n) is 2.97. The van der Waals surface area contributed by atoms with Gasteiger partial charge >= 0.3 is 0 Å². The van der Waals surface area contributed by atoms with Gasteiger partial charge in [0.2, 0.25) is 5.91 Å². The lowest BCUT2D eigenvalue weighted by Gasteiger charge is -2.12. The van der Waals surface area contributed by atoms with Gasteiger partial charge < -0.3 is 15.2 Å². The van der Waals surface area contributed by atoms with E-state index in [9.17, 15) is 9.59 Å². The van der Waals surface area contributed by atoms with Crippen molar-refractivity contribution in [1.29, 1.82) is 0 Å². The molecule has 0 saturated heterocycles. The number of aromatic nitrogens is 3. The monoisotopic (exact) mass is 555 g/mol. The van der Waals surface area contributed by atoms with Crippen LogP contribution in [-0.2, 0) is 18.4 Å². The number of aryl methyl sites for hydroxylation is 2. The molecule has 168 valence electrons. The van der Waals surface area contributed by atoms with Crippen LogP contribution in [0.5, 0.6) is 0 Å². The largest absolute Gasteiger partial charge is 0.345 e. The highest BCUT2D eigenvalue weighted by Crippen LogP contribution is 2.26. The summed E-state index contributed by atoms with van der Waals surface area (Å²) >= 11 is 16.7. The molecule has 0 atom stereocenters. The third kappa shape index (κ3) is 6.04. The first kappa shape index (κ1) is 24.6. The minimum absolute atomic E-state index is 0.140. The van der Waals surface area contributed by atoms with Crippen LogP contribution >= 0.6 is 50.9 Å². The quantitative estimate of drug-likeness (QED) is 0.392. The van der Waals surface area contributed by atoms with Gasteiger partial charge in [0, 0.05) is 22.2 Å². The molecule has 0 unspecified atom stereocenters. The van der Waals surface area contributed by atoms with E-state index in [1.807, 2.05) is 26.0 Å². The Bertz CT molecular complexity index is 1160. The maximum absolute atomic E-state index is 12.4. The standard InChI is InChI=1S/C21H20BrCl2N5O2S/c1-11-6-13(22)7-12(2)19(11)26-18(30)10-32-21-28-27-17(29(21)3)9-25-20(31)15-5-4-14(23)8-16(15)24/h4-8H,9-10H2,1-3H3,(H,25,31)(H,26,30). The molecule has 7 nitrogen and oxygen atoms in total. The summed E-state index contributed by atoms with van der Waals surface area (Å²) in [4.78, 5) is 24.8. The minimum Gasteiger partial charge on any atom is -0.345 e. The lowest BCUT2D eigenvalue weighted by molar-refractivity contribution is -0.113. The van der Waals surface area contributed by atoms with E-state index in [1.54, 1.807) is 23.7 Å². The molecular weight excluding hydrogens is 537 g/mol. The van der Waals surface area contributed by atoms with Crippen molar-refractivity contribution < 1.29 is 9.59 Å². The lowest BCUT2D eigenvalue weighted by Crippen LogP contribution is -2.24. The van der Waals surface area contributed by atoms with Gasteiger partial charge in [-0.25, -0.2) is 0 Å². The Morgan fingerprint density at radius 1 is 1.12 bits per heavy atom. The first-order valence-corrected chi connectivity index (χ1v) is 12.0. The van der Waals surface area contributed by atoms with Crippen LogP contribution in [0.1, 0.15) is 27.3 Å². The Morgan fingerprint density at radius 3 is 2.47 bits per heavy atom. The summed E-state index contributed by atoms with van der Waals surface area (Å²) in [6, 6.07) is 8.58. The van der Waals surface area contributed by atoms with Crippen LogP contribution < -0.4 is 10.6 Å². The molecule has 0 bridgehead atoms. The van der Waals surface area contributed by atoms with Crippen molar-refractivity contribution in [1.82, 2.24) is 20.1 Å². The summed E-state index contributed by atoms with van der Waals surface area (Å²) in [5.74, 6) is 0.237. The molecule has 1 heterocycles. The molecule has 0 spiro atoms. The number of anilines is 1. The van der Waals surface area contributed by atoms with E-state index >= 15 is 0 Å². The Hall–Kier alpha value is -2.07. The van der Waals surface area contributed by atoms with E-state index in [0.717, 1.165) is 21.3 Å². The van der Waals surface area contributed by atoms with Gasteiger partial charge in [-0.15, -0.1) is 10.2 Å². The summed E-state index contributed by atoms with van der Waals surface area (Å²) in [5, 5.41) is 15.2. The molecule has 2 N–H and O–H groups in total. The molecule has 0 saturated carbocycles. The van der Waals surface area contributed by atoms with Crippen molar-refractivity contribution in [2.24, 2.45) is 7.05 Å². The number of amides is 2.